The molecule has 6 nitrogen and oxygen atoms in total. The van der Waals surface area contributed by atoms with Gasteiger partial charge >= 0.3 is 0 Å². The quantitative estimate of drug-likeness (QED) is 0.505. The molecule has 2 heterocycles. The van der Waals surface area contributed by atoms with Crippen molar-refractivity contribution < 1.29 is 20.1 Å². The lowest BCUT2D eigenvalue weighted by atomic mass is 10.0. The molecule has 1 aliphatic rings. The maximum Gasteiger partial charge on any atom is 0.123 e. The molecule has 1 aromatic heterocycles. The zero-order valence-corrected chi connectivity index (χ0v) is 8.52. The molecule has 2 rings (SSSR count). The van der Waals surface area contributed by atoms with Gasteiger partial charge in [-0.1, -0.05) is 6.07 Å². The minimum absolute atomic E-state index is 0.336. The molecule has 1 aliphatic heterocycles. The lowest BCUT2D eigenvalue weighted by Gasteiger charge is -2.14. The molecule has 0 unspecified atom stereocenters. The monoisotopic (exact) mass is 226 g/mol. The third kappa shape index (κ3) is 1.88. The number of nitrogens with two attached hydrogens (primary N) is 1. The average Bonchev–Trinajstić information content (AvgIpc) is 2.57. The fraction of sp³-hybridized carbons (Fsp3) is 0.500. The zero-order chi connectivity index (χ0) is 11.7. The molecule has 0 aromatic carbocycles. The molecule has 6 heteroatoms. The Hall–Kier alpha value is -1.21. The Bertz CT molecular complexity index is 356. The summed E-state index contributed by atoms with van der Waals surface area (Å²) in [6.45, 7) is -0.336. The van der Waals surface area contributed by atoms with Crippen molar-refractivity contribution >= 4 is 5.82 Å². The fourth-order valence-corrected chi connectivity index (χ4v) is 1.76. The van der Waals surface area contributed by atoms with E-state index < -0.39 is 24.4 Å². The number of anilines is 1. The lowest BCUT2D eigenvalue weighted by Crippen LogP contribution is -2.32. The van der Waals surface area contributed by atoms with Gasteiger partial charge in [-0.2, -0.15) is 0 Å². The number of rotatable bonds is 2. The van der Waals surface area contributed by atoms with E-state index in [9.17, 15) is 10.2 Å². The van der Waals surface area contributed by atoms with Crippen LogP contribution in [0.4, 0.5) is 5.82 Å². The summed E-state index contributed by atoms with van der Waals surface area (Å²) < 4.78 is 5.33. The minimum Gasteiger partial charge on any atom is -0.394 e. The predicted octanol–water partition coefficient (Wildman–Crippen LogP) is -1.18. The Balaban J connectivity index is 2.19. The van der Waals surface area contributed by atoms with E-state index in [0.29, 0.717) is 11.4 Å². The van der Waals surface area contributed by atoms with Crippen LogP contribution in [-0.2, 0) is 4.74 Å². The zero-order valence-electron chi connectivity index (χ0n) is 8.52. The summed E-state index contributed by atoms with van der Waals surface area (Å²) >= 11 is 0. The van der Waals surface area contributed by atoms with Gasteiger partial charge in [0.2, 0.25) is 0 Å². The van der Waals surface area contributed by atoms with E-state index in [0.717, 1.165) is 0 Å². The molecule has 4 atom stereocenters. The number of aliphatic hydroxyl groups excluding tert-OH is 3. The van der Waals surface area contributed by atoms with Crippen molar-refractivity contribution in [3.8, 4) is 0 Å². The first-order valence-electron chi connectivity index (χ1n) is 4.97. The molecular weight excluding hydrogens is 212 g/mol. The maximum atomic E-state index is 9.74. The van der Waals surface area contributed by atoms with Crippen LogP contribution in [0.25, 0.3) is 0 Å². The summed E-state index contributed by atoms with van der Waals surface area (Å²) in [5, 5.41) is 28.2. The maximum absolute atomic E-state index is 9.74. The van der Waals surface area contributed by atoms with Crippen LogP contribution in [0.15, 0.2) is 18.3 Å². The van der Waals surface area contributed by atoms with Gasteiger partial charge in [0.25, 0.3) is 0 Å². The van der Waals surface area contributed by atoms with E-state index in [4.69, 9.17) is 15.6 Å². The molecule has 1 saturated heterocycles. The van der Waals surface area contributed by atoms with Crippen LogP contribution in [0.1, 0.15) is 11.7 Å². The number of hydrogen-bond acceptors (Lipinski definition) is 6. The SMILES string of the molecule is Nc1ccc([C@@H]2O[C@H](CO)[C@@H](O)[C@H]2O)cn1. The van der Waals surface area contributed by atoms with Gasteiger partial charge < -0.3 is 25.8 Å². The summed E-state index contributed by atoms with van der Waals surface area (Å²) in [7, 11) is 0. The number of hydrogen-bond donors (Lipinski definition) is 4. The normalized spacial score (nSPS) is 34.2. The number of ether oxygens (including phenoxy) is 1. The number of nitrogen functional groups attached to an aromatic ring is 1. The summed E-state index contributed by atoms with van der Waals surface area (Å²) in [6.07, 6.45) is -2.12. The van der Waals surface area contributed by atoms with E-state index >= 15 is 0 Å². The molecule has 0 spiro atoms. The van der Waals surface area contributed by atoms with Gasteiger partial charge in [-0.3, -0.25) is 0 Å². The van der Waals surface area contributed by atoms with Crippen molar-refractivity contribution in [3.05, 3.63) is 23.9 Å². The van der Waals surface area contributed by atoms with E-state index in [1.54, 1.807) is 12.1 Å². The Labute approximate surface area is 92.3 Å². The Morgan fingerprint density at radius 2 is 2.06 bits per heavy atom. The fourth-order valence-electron chi connectivity index (χ4n) is 1.76. The van der Waals surface area contributed by atoms with Crippen LogP contribution in [-0.4, -0.2) is 45.2 Å². The van der Waals surface area contributed by atoms with E-state index in [2.05, 4.69) is 4.98 Å². The molecule has 0 saturated carbocycles. The van der Waals surface area contributed by atoms with Crippen molar-refractivity contribution in [2.24, 2.45) is 0 Å². The molecule has 0 amide bonds. The van der Waals surface area contributed by atoms with Crippen molar-refractivity contribution in [2.45, 2.75) is 24.4 Å². The van der Waals surface area contributed by atoms with E-state index in [1.807, 2.05) is 0 Å². The molecule has 88 valence electrons. The van der Waals surface area contributed by atoms with E-state index in [-0.39, 0.29) is 6.61 Å². The van der Waals surface area contributed by atoms with Crippen molar-refractivity contribution in [3.63, 3.8) is 0 Å². The lowest BCUT2D eigenvalue weighted by molar-refractivity contribution is -0.0228. The highest BCUT2D eigenvalue weighted by molar-refractivity contribution is 5.31. The molecule has 1 aromatic rings. The largest absolute Gasteiger partial charge is 0.394 e. The van der Waals surface area contributed by atoms with Crippen LogP contribution in [0, 0.1) is 0 Å². The second-order valence-corrected chi connectivity index (χ2v) is 3.78. The van der Waals surface area contributed by atoms with Gasteiger partial charge in [0.05, 0.1) is 6.61 Å². The number of pyridine rings is 1. The van der Waals surface area contributed by atoms with Crippen LogP contribution in [0.3, 0.4) is 0 Å². The van der Waals surface area contributed by atoms with Crippen LogP contribution >= 0.6 is 0 Å². The second-order valence-electron chi connectivity index (χ2n) is 3.78. The number of aromatic nitrogens is 1. The molecule has 1 fully saturated rings. The summed E-state index contributed by atoms with van der Waals surface area (Å²) in [5.41, 5.74) is 6.06. The topological polar surface area (TPSA) is 109 Å². The van der Waals surface area contributed by atoms with Gasteiger partial charge in [0, 0.05) is 11.8 Å². The Kier molecular flexibility index (Phi) is 3.06. The minimum atomic E-state index is -1.09. The highest BCUT2D eigenvalue weighted by atomic mass is 16.6. The highest BCUT2D eigenvalue weighted by Crippen LogP contribution is 2.33. The third-order valence-corrected chi connectivity index (χ3v) is 2.68. The first kappa shape index (κ1) is 11.3. The van der Waals surface area contributed by atoms with Gasteiger partial charge in [-0.05, 0) is 6.07 Å². The first-order valence-corrected chi connectivity index (χ1v) is 4.97. The Morgan fingerprint density at radius 1 is 1.31 bits per heavy atom. The second kappa shape index (κ2) is 4.34. The summed E-state index contributed by atoms with van der Waals surface area (Å²) in [6, 6.07) is 3.26. The Morgan fingerprint density at radius 3 is 2.56 bits per heavy atom. The molecule has 0 radical (unpaired) electrons. The summed E-state index contributed by atoms with van der Waals surface area (Å²) in [5.74, 6) is 0.371. The van der Waals surface area contributed by atoms with Crippen LogP contribution < -0.4 is 5.73 Å². The van der Waals surface area contributed by atoms with Gasteiger partial charge in [0.15, 0.2) is 0 Å². The third-order valence-electron chi connectivity index (χ3n) is 2.68. The molecule has 0 bridgehead atoms. The van der Waals surface area contributed by atoms with Gasteiger partial charge in [-0.25, -0.2) is 4.98 Å². The average molecular weight is 226 g/mol. The van der Waals surface area contributed by atoms with Crippen molar-refractivity contribution in [1.82, 2.24) is 4.98 Å². The van der Waals surface area contributed by atoms with Crippen molar-refractivity contribution in [2.75, 3.05) is 12.3 Å². The molecule has 0 aliphatic carbocycles. The molecule has 16 heavy (non-hydrogen) atoms. The summed E-state index contributed by atoms with van der Waals surface area (Å²) in [4.78, 5) is 3.88. The van der Waals surface area contributed by atoms with Crippen molar-refractivity contribution in [1.29, 1.82) is 0 Å². The van der Waals surface area contributed by atoms with E-state index in [1.165, 1.54) is 6.20 Å². The van der Waals surface area contributed by atoms with Gasteiger partial charge in [-0.15, -0.1) is 0 Å². The first-order chi connectivity index (χ1) is 7.63. The number of nitrogens with zero attached hydrogens (tertiary/aromatic N) is 1. The predicted molar refractivity (Wildman–Crippen MR) is 55.4 cm³/mol. The molecular formula is C10H14N2O4. The van der Waals surface area contributed by atoms with Crippen LogP contribution in [0.2, 0.25) is 0 Å². The molecule has 5 N–H and O–H groups in total. The highest BCUT2D eigenvalue weighted by Gasteiger charge is 2.42. The van der Waals surface area contributed by atoms with Crippen LogP contribution in [0.5, 0.6) is 0 Å². The number of aliphatic hydroxyl groups is 3. The smallest absolute Gasteiger partial charge is 0.123 e. The van der Waals surface area contributed by atoms with Gasteiger partial charge in [0.1, 0.15) is 30.2 Å². The standard InChI is InChI=1S/C10H14N2O4/c11-7-2-1-5(3-12-7)10-9(15)8(14)6(4-13)16-10/h1-3,6,8-10,13-15H,4H2,(H2,11,12)/t6-,8-,9-,10+/m1/s1.